The quantitative estimate of drug-likeness (QED) is 0.785. The summed E-state index contributed by atoms with van der Waals surface area (Å²) in [4.78, 5) is 12.2. The van der Waals surface area contributed by atoms with Gasteiger partial charge in [0.2, 0.25) is 0 Å². The van der Waals surface area contributed by atoms with Gasteiger partial charge in [-0.15, -0.1) is 11.3 Å². The van der Waals surface area contributed by atoms with Crippen molar-refractivity contribution in [1.29, 1.82) is 0 Å². The van der Waals surface area contributed by atoms with Gasteiger partial charge < -0.3 is 4.74 Å². The minimum absolute atomic E-state index is 0.0509. The van der Waals surface area contributed by atoms with Gasteiger partial charge in [0, 0.05) is 16.5 Å². The van der Waals surface area contributed by atoms with E-state index in [-0.39, 0.29) is 5.78 Å². The van der Waals surface area contributed by atoms with Gasteiger partial charge >= 0.3 is 0 Å². The van der Waals surface area contributed by atoms with Gasteiger partial charge in [-0.05, 0) is 59.1 Å². The number of thiophene rings is 1. The fourth-order valence-corrected chi connectivity index (χ4v) is 2.80. The highest BCUT2D eigenvalue weighted by molar-refractivity contribution is 9.11. The number of ketones is 1. The zero-order chi connectivity index (χ0) is 12.5. The standard InChI is InChI=1S/C14H11BrO2S/c15-13-7-10(8-18-13)14(16)9-1-3-11(4-2-9)17-12-5-6-12/h1-4,7-8,12H,5-6H2. The Labute approximate surface area is 118 Å². The molecule has 0 atom stereocenters. The predicted molar refractivity (Wildman–Crippen MR) is 75.5 cm³/mol. The molecule has 2 nitrogen and oxygen atoms in total. The summed E-state index contributed by atoms with van der Waals surface area (Å²) in [7, 11) is 0. The molecule has 0 unspecified atom stereocenters. The van der Waals surface area contributed by atoms with E-state index in [1.54, 1.807) is 0 Å². The minimum atomic E-state index is 0.0509. The lowest BCUT2D eigenvalue weighted by Crippen LogP contribution is -2.00. The molecule has 0 amide bonds. The zero-order valence-electron chi connectivity index (χ0n) is 9.56. The summed E-state index contributed by atoms with van der Waals surface area (Å²) >= 11 is 4.88. The highest BCUT2D eigenvalue weighted by atomic mass is 79.9. The number of hydrogen-bond acceptors (Lipinski definition) is 3. The summed E-state index contributed by atoms with van der Waals surface area (Å²) in [5.41, 5.74) is 1.42. The lowest BCUT2D eigenvalue weighted by Gasteiger charge is -2.04. The smallest absolute Gasteiger partial charge is 0.193 e. The minimum Gasteiger partial charge on any atom is -0.490 e. The molecule has 0 N–H and O–H groups in total. The van der Waals surface area contributed by atoms with Crippen LogP contribution in [0.4, 0.5) is 0 Å². The van der Waals surface area contributed by atoms with Crippen molar-refractivity contribution in [1.82, 2.24) is 0 Å². The van der Waals surface area contributed by atoms with Crippen LogP contribution in [0.5, 0.6) is 5.75 Å². The van der Waals surface area contributed by atoms with Crippen LogP contribution in [0.15, 0.2) is 39.5 Å². The normalized spacial score (nSPS) is 14.5. The summed E-state index contributed by atoms with van der Waals surface area (Å²) in [6, 6.07) is 9.23. The number of carbonyl (C=O) groups is 1. The zero-order valence-corrected chi connectivity index (χ0v) is 12.0. The molecule has 2 aromatic rings. The Hall–Kier alpha value is -1.13. The lowest BCUT2D eigenvalue weighted by atomic mass is 10.1. The molecule has 1 aromatic carbocycles. The van der Waals surface area contributed by atoms with Gasteiger partial charge in [-0.3, -0.25) is 4.79 Å². The first-order chi connectivity index (χ1) is 8.72. The van der Waals surface area contributed by atoms with Gasteiger partial charge in [-0.1, -0.05) is 0 Å². The van der Waals surface area contributed by atoms with E-state index in [9.17, 15) is 4.79 Å². The van der Waals surface area contributed by atoms with Crippen LogP contribution in [0, 0.1) is 0 Å². The number of benzene rings is 1. The molecule has 0 radical (unpaired) electrons. The maximum Gasteiger partial charge on any atom is 0.193 e. The first kappa shape index (κ1) is 11.9. The van der Waals surface area contributed by atoms with Gasteiger partial charge in [0.25, 0.3) is 0 Å². The van der Waals surface area contributed by atoms with E-state index in [2.05, 4.69) is 15.9 Å². The molecule has 1 saturated carbocycles. The molecule has 18 heavy (non-hydrogen) atoms. The Morgan fingerprint density at radius 2 is 1.94 bits per heavy atom. The van der Waals surface area contributed by atoms with E-state index in [1.807, 2.05) is 35.7 Å². The van der Waals surface area contributed by atoms with Crippen LogP contribution in [-0.4, -0.2) is 11.9 Å². The summed E-state index contributed by atoms with van der Waals surface area (Å²) in [5, 5.41) is 1.86. The summed E-state index contributed by atoms with van der Waals surface area (Å²) in [6.07, 6.45) is 2.67. The van der Waals surface area contributed by atoms with E-state index >= 15 is 0 Å². The number of ether oxygens (including phenoxy) is 1. The third-order valence-electron chi connectivity index (χ3n) is 2.77. The second-order valence-electron chi connectivity index (χ2n) is 4.31. The number of halogens is 1. The first-order valence-corrected chi connectivity index (χ1v) is 7.45. The summed E-state index contributed by atoms with van der Waals surface area (Å²) < 4.78 is 6.62. The molecule has 0 spiro atoms. The van der Waals surface area contributed by atoms with Crippen LogP contribution in [0.1, 0.15) is 28.8 Å². The van der Waals surface area contributed by atoms with Crippen molar-refractivity contribution in [3.63, 3.8) is 0 Å². The molecule has 1 heterocycles. The number of carbonyl (C=O) groups excluding carboxylic acids is 1. The molecule has 1 fully saturated rings. The largest absolute Gasteiger partial charge is 0.490 e. The average Bonchev–Trinajstić information content (AvgIpc) is 3.09. The lowest BCUT2D eigenvalue weighted by molar-refractivity contribution is 0.103. The average molecular weight is 323 g/mol. The molecule has 0 aliphatic heterocycles. The van der Waals surface area contributed by atoms with Crippen LogP contribution in [0.25, 0.3) is 0 Å². The second kappa shape index (κ2) is 4.86. The van der Waals surface area contributed by atoms with Gasteiger partial charge in [-0.25, -0.2) is 0 Å². The third-order valence-corrected chi connectivity index (χ3v) is 4.28. The van der Waals surface area contributed by atoms with Gasteiger partial charge in [-0.2, -0.15) is 0 Å². The molecule has 4 heteroatoms. The van der Waals surface area contributed by atoms with Crippen molar-refractivity contribution in [2.75, 3.05) is 0 Å². The van der Waals surface area contributed by atoms with Gasteiger partial charge in [0.05, 0.1) is 9.89 Å². The first-order valence-electron chi connectivity index (χ1n) is 5.78. The van der Waals surface area contributed by atoms with Gasteiger partial charge in [0.1, 0.15) is 5.75 Å². The van der Waals surface area contributed by atoms with Crippen LogP contribution < -0.4 is 4.74 Å². The van der Waals surface area contributed by atoms with E-state index < -0.39 is 0 Å². The van der Waals surface area contributed by atoms with Crippen molar-refractivity contribution >= 4 is 33.0 Å². The highest BCUT2D eigenvalue weighted by Gasteiger charge is 2.23. The van der Waals surface area contributed by atoms with Crippen LogP contribution in [0.3, 0.4) is 0 Å². The molecule has 1 aromatic heterocycles. The molecule has 3 rings (SSSR count). The predicted octanol–water partition coefficient (Wildman–Crippen LogP) is 4.28. The Balaban J connectivity index is 1.77. The summed E-state index contributed by atoms with van der Waals surface area (Å²) in [6.45, 7) is 0. The van der Waals surface area contributed by atoms with Crippen LogP contribution >= 0.6 is 27.3 Å². The monoisotopic (exact) mass is 322 g/mol. The third kappa shape index (κ3) is 2.65. The molecule has 1 aliphatic rings. The second-order valence-corrected chi connectivity index (χ2v) is 6.60. The number of rotatable bonds is 4. The van der Waals surface area contributed by atoms with Crippen molar-refractivity contribution in [3.05, 3.63) is 50.6 Å². The molecule has 1 aliphatic carbocycles. The Bertz CT molecular complexity index is 570. The maximum atomic E-state index is 12.2. The summed E-state index contributed by atoms with van der Waals surface area (Å²) in [5.74, 6) is 0.899. The van der Waals surface area contributed by atoms with Gasteiger partial charge in [0.15, 0.2) is 5.78 Å². The topological polar surface area (TPSA) is 26.3 Å². The van der Waals surface area contributed by atoms with Crippen LogP contribution in [0.2, 0.25) is 0 Å². The Morgan fingerprint density at radius 1 is 1.22 bits per heavy atom. The SMILES string of the molecule is O=C(c1ccc(OC2CC2)cc1)c1csc(Br)c1. The van der Waals surface area contributed by atoms with Crippen molar-refractivity contribution in [3.8, 4) is 5.75 Å². The molecular formula is C14H11BrO2S. The molecule has 0 saturated heterocycles. The molecule has 92 valence electrons. The number of hydrogen-bond donors (Lipinski definition) is 0. The fraction of sp³-hybridized carbons (Fsp3) is 0.214. The highest BCUT2D eigenvalue weighted by Crippen LogP contribution is 2.27. The van der Waals surface area contributed by atoms with E-state index in [0.29, 0.717) is 11.7 Å². The fourth-order valence-electron chi connectivity index (χ4n) is 1.66. The van der Waals surface area contributed by atoms with Crippen LogP contribution in [-0.2, 0) is 0 Å². The maximum absolute atomic E-state index is 12.2. The van der Waals surface area contributed by atoms with E-state index in [1.165, 1.54) is 11.3 Å². The van der Waals surface area contributed by atoms with E-state index in [0.717, 1.165) is 27.9 Å². The van der Waals surface area contributed by atoms with E-state index in [4.69, 9.17) is 4.74 Å². The Morgan fingerprint density at radius 3 is 2.50 bits per heavy atom. The molecular weight excluding hydrogens is 312 g/mol. The van der Waals surface area contributed by atoms with Crippen molar-refractivity contribution in [2.45, 2.75) is 18.9 Å². The Kier molecular flexibility index (Phi) is 3.22. The van der Waals surface area contributed by atoms with Crippen molar-refractivity contribution < 1.29 is 9.53 Å². The molecule has 0 bridgehead atoms. The van der Waals surface area contributed by atoms with Crippen molar-refractivity contribution in [2.24, 2.45) is 0 Å².